The first-order valence-corrected chi connectivity index (χ1v) is 10.2. The predicted molar refractivity (Wildman–Crippen MR) is 102 cm³/mol. The van der Waals surface area contributed by atoms with E-state index in [1.54, 1.807) is 35.2 Å². The lowest BCUT2D eigenvalue weighted by molar-refractivity contribution is 0.0772. The zero-order valence-electron chi connectivity index (χ0n) is 15.3. The van der Waals surface area contributed by atoms with Crippen LogP contribution in [0.5, 0.6) is 11.5 Å². The second-order valence-corrected chi connectivity index (χ2v) is 7.65. The maximum atomic E-state index is 12.7. The minimum Gasteiger partial charge on any atom is -0.486 e. The zero-order valence-corrected chi connectivity index (χ0v) is 16.1. The number of hydrogen-bond donors (Lipinski definition) is 1. The number of benzene rings is 2. The molecule has 27 heavy (non-hydrogen) atoms. The number of anilines is 1. The van der Waals surface area contributed by atoms with Crippen molar-refractivity contribution in [2.45, 2.75) is 18.7 Å². The summed E-state index contributed by atoms with van der Waals surface area (Å²) in [6.07, 6.45) is 0. The molecule has 0 aromatic heterocycles. The van der Waals surface area contributed by atoms with E-state index in [4.69, 9.17) is 9.47 Å². The van der Waals surface area contributed by atoms with E-state index in [0.717, 1.165) is 0 Å². The molecule has 2 aromatic carbocycles. The highest BCUT2D eigenvalue weighted by Gasteiger charge is 2.20. The van der Waals surface area contributed by atoms with Crippen LogP contribution >= 0.6 is 0 Å². The molecule has 0 saturated heterocycles. The normalized spacial score (nSPS) is 13.1. The highest BCUT2D eigenvalue weighted by Crippen LogP contribution is 2.33. The lowest BCUT2D eigenvalue weighted by Crippen LogP contribution is -2.30. The number of sulfonamides is 1. The van der Waals surface area contributed by atoms with Crippen LogP contribution in [0, 0.1) is 0 Å². The largest absolute Gasteiger partial charge is 0.486 e. The van der Waals surface area contributed by atoms with E-state index >= 15 is 0 Å². The molecule has 2 aromatic rings. The van der Waals surface area contributed by atoms with Gasteiger partial charge in [0.25, 0.3) is 15.9 Å². The Morgan fingerprint density at radius 2 is 1.74 bits per heavy atom. The Hall–Kier alpha value is -2.74. The molecule has 1 amide bonds. The Bertz CT molecular complexity index is 939. The summed E-state index contributed by atoms with van der Waals surface area (Å²) in [4.78, 5) is 14.1. The van der Waals surface area contributed by atoms with Gasteiger partial charge in [0.1, 0.15) is 13.2 Å². The van der Waals surface area contributed by atoms with Gasteiger partial charge in [0.2, 0.25) is 0 Å². The van der Waals surface area contributed by atoms with E-state index in [1.165, 1.54) is 12.1 Å². The number of ether oxygens (including phenoxy) is 2. The molecule has 1 N–H and O–H groups in total. The minimum absolute atomic E-state index is 0.0235. The molecule has 3 rings (SSSR count). The molecule has 0 aliphatic carbocycles. The van der Waals surface area contributed by atoms with E-state index in [2.05, 4.69) is 4.72 Å². The lowest BCUT2D eigenvalue weighted by Gasteiger charge is -2.20. The van der Waals surface area contributed by atoms with Crippen molar-refractivity contribution in [2.24, 2.45) is 0 Å². The standard InChI is InChI=1S/C19H22N2O5S/c1-3-21(4-2)19(22)14-6-5-7-16(12-14)27(23,24)20-15-8-9-17-18(13-15)26-11-10-25-17/h5-9,12-13,20H,3-4,10-11H2,1-2H3. The van der Waals surface area contributed by atoms with Gasteiger partial charge in [-0.1, -0.05) is 6.07 Å². The topological polar surface area (TPSA) is 84.9 Å². The van der Waals surface area contributed by atoms with Gasteiger partial charge in [-0.2, -0.15) is 0 Å². The molecule has 0 saturated carbocycles. The summed E-state index contributed by atoms with van der Waals surface area (Å²) in [5, 5.41) is 0. The Balaban J connectivity index is 1.85. The Morgan fingerprint density at radius 3 is 2.44 bits per heavy atom. The van der Waals surface area contributed by atoms with Gasteiger partial charge in [-0.15, -0.1) is 0 Å². The number of nitrogens with one attached hydrogen (secondary N) is 1. The lowest BCUT2D eigenvalue weighted by atomic mass is 10.2. The molecule has 0 atom stereocenters. The average Bonchev–Trinajstić information content (AvgIpc) is 2.68. The van der Waals surface area contributed by atoms with Gasteiger partial charge in [0, 0.05) is 24.7 Å². The van der Waals surface area contributed by atoms with Crippen LogP contribution in [0.3, 0.4) is 0 Å². The molecule has 0 bridgehead atoms. The summed E-state index contributed by atoms with van der Waals surface area (Å²) >= 11 is 0. The van der Waals surface area contributed by atoms with Gasteiger partial charge < -0.3 is 14.4 Å². The van der Waals surface area contributed by atoms with Crippen molar-refractivity contribution in [1.29, 1.82) is 0 Å². The summed E-state index contributed by atoms with van der Waals surface area (Å²) in [5.74, 6) is 0.874. The number of rotatable bonds is 6. The van der Waals surface area contributed by atoms with Crippen molar-refractivity contribution in [2.75, 3.05) is 31.0 Å². The first-order chi connectivity index (χ1) is 12.9. The number of carbonyl (C=O) groups is 1. The van der Waals surface area contributed by atoms with Crippen molar-refractivity contribution in [1.82, 2.24) is 4.90 Å². The molecule has 0 unspecified atom stereocenters. The van der Waals surface area contributed by atoms with Crippen LogP contribution < -0.4 is 14.2 Å². The Labute approximate surface area is 158 Å². The minimum atomic E-state index is -3.85. The molecule has 7 nitrogen and oxygen atoms in total. The van der Waals surface area contributed by atoms with Crippen molar-refractivity contribution < 1.29 is 22.7 Å². The SMILES string of the molecule is CCN(CC)C(=O)c1cccc(S(=O)(=O)Nc2ccc3c(c2)OCCO3)c1. The molecule has 0 fully saturated rings. The third kappa shape index (κ3) is 4.16. The molecular weight excluding hydrogens is 368 g/mol. The molecule has 1 heterocycles. The van der Waals surface area contributed by atoms with E-state index in [1.807, 2.05) is 13.8 Å². The maximum absolute atomic E-state index is 12.7. The van der Waals surface area contributed by atoms with E-state index < -0.39 is 10.0 Å². The van der Waals surface area contributed by atoms with E-state index in [9.17, 15) is 13.2 Å². The van der Waals surface area contributed by atoms with Gasteiger partial charge in [-0.3, -0.25) is 9.52 Å². The fourth-order valence-electron chi connectivity index (χ4n) is 2.81. The monoisotopic (exact) mass is 390 g/mol. The molecular formula is C19H22N2O5S. The highest BCUT2D eigenvalue weighted by molar-refractivity contribution is 7.92. The van der Waals surface area contributed by atoms with Gasteiger partial charge in [0.05, 0.1) is 10.6 Å². The number of nitrogens with zero attached hydrogens (tertiary/aromatic N) is 1. The Morgan fingerprint density at radius 1 is 1.04 bits per heavy atom. The van der Waals surface area contributed by atoms with E-state index in [-0.39, 0.29) is 10.8 Å². The van der Waals surface area contributed by atoms with Crippen LogP contribution in [0.1, 0.15) is 24.2 Å². The number of fused-ring (bicyclic) bond motifs is 1. The highest BCUT2D eigenvalue weighted by atomic mass is 32.2. The third-order valence-electron chi connectivity index (χ3n) is 4.24. The van der Waals surface area contributed by atoms with Crippen LogP contribution in [-0.2, 0) is 10.0 Å². The van der Waals surface area contributed by atoms with Crippen LogP contribution in [0.25, 0.3) is 0 Å². The fraction of sp³-hybridized carbons (Fsp3) is 0.316. The Kier molecular flexibility index (Phi) is 5.55. The summed E-state index contributed by atoms with van der Waals surface area (Å²) in [5.41, 5.74) is 0.698. The van der Waals surface area contributed by atoms with Gasteiger partial charge >= 0.3 is 0 Å². The summed E-state index contributed by atoms with van der Waals surface area (Å²) < 4.78 is 38.9. The quantitative estimate of drug-likeness (QED) is 0.820. The number of carbonyl (C=O) groups excluding carboxylic acids is 1. The molecule has 8 heteroatoms. The van der Waals surface area contributed by atoms with Crippen LogP contribution in [0.2, 0.25) is 0 Å². The van der Waals surface area contributed by atoms with Crippen LogP contribution in [-0.4, -0.2) is 45.5 Å². The van der Waals surface area contributed by atoms with Crippen LogP contribution in [0.4, 0.5) is 5.69 Å². The number of hydrogen-bond acceptors (Lipinski definition) is 5. The second-order valence-electron chi connectivity index (χ2n) is 5.97. The van der Waals surface area contributed by atoms with Gasteiger partial charge in [0.15, 0.2) is 11.5 Å². The predicted octanol–water partition coefficient (Wildman–Crippen LogP) is 2.74. The van der Waals surface area contributed by atoms with Crippen molar-refractivity contribution in [3.05, 3.63) is 48.0 Å². The van der Waals surface area contributed by atoms with Crippen molar-refractivity contribution >= 4 is 21.6 Å². The first kappa shape index (κ1) is 19.0. The van der Waals surface area contributed by atoms with Gasteiger partial charge in [-0.05, 0) is 44.2 Å². The molecule has 1 aliphatic heterocycles. The smallest absolute Gasteiger partial charge is 0.261 e. The van der Waals surface area contributed by atoms with Gasteiger partial charge in [-0.25, -0.2) is 8.42 Å². The average molecular weight is 390 g/mol. The molecule has 0 spiro atoms. The second kappa shape index (κ2) is 7.87. The summed E-state index contributed by atoms with van der Waals surface area (Å²) in [6, 6.07) is 10.9. The first-order valence-electron chi connectivity index (χ1n) is 8.76. The van der Waals surface area contributed by atoms with Crippen molar-refractivity contribution in [3.8, 4) is 11.5 Å². The molecule has 144 valence electrons. The molecule has 1 aliphatic rings. The third-order valence-corrected chi connectivity index (χ3v) is 5.62. The number of amides is 1. The molecule has 0 radical (unpaired) electrons. The fourth-order valence-corrected chi connectivity index (χ4v) is 3.91. The van der Waals surface area contributed by atoms with Crippen LogP contribution in [0.15, 0.2) is 47.4 Å². The van der Waals surface area contributed by atoms with E-state index in [0.29, 0.717) is 49.1 Å². The summed E-state index contributed by atoms with van der Waals surface area (Å²) in [6.45, 7) is 5.75. The summed E-state index contributed by atoms with van der Waals surface area (Å²) in [7, 11) is -3.85. The van der Waals surface area contributed by atoms with Crippen molar-refractivity contribution in [3.63, 3.8) is 0 Å². The maximum Gasteiger partial charge on any atom is 0.261 e. The zero-order chi connectivity index (χ0) is 19.4.